The molecule has 1 saturated heterocycles. The Morgan fingerprint density at radius 2 is 2.19 bits per heavy atom. The minimum atomic E-state index is -0.145. The van der Waals surface area contributed by atoms with Crippen LogP contribution in [-0.2, 0) is 0 Å². The summed E-state index contributed by atoms with van der Waals surface area (Å²) in [6, 6.07) is 4.03. The number of hydrogen-bond donors (Lipinski definition) is 2. The van der Waals surface area contributed by atoms with Gasteiger partial charge in [0.25, 0.3) is 0 Å². The van der Waals surface area contributed by atoms with Crippen molar-refractivity contribution < 1.29 is 5.11 Å². The van der Waals surface area contributed by atoms with Crippen LogP contribution in [-0.4, -0.2) is 29.3 Å². The van der Waals surface area contributed by atoms with E-state index < -0.39 is 0 Å². The van der Waals surface area contributed by atoms with Gasteiger partial charge < -0.3 is 15.7 Å². The van der Waals surface area contributed by atoms with Gasteiger partial charge in [-0.3, -0.25) is 0 Å². The van der Waals surface area contributed by atoms with E-state index in [1.165, 1.54) is 0 Å². The molecule has 1 aliphatic heterocycles. The van der Waals surface area contributed by atoms with Gasteiger partial charge in [-0.15, -0.1) is 0 Å². The lowest BCUT2D eigenvalue weighted by Crippen LogP contribution is -2.36. The average Bonchev–Trinajstić information content (AvgIpc) is 2.30. The van der Waals surface area contributed by atoms with Crippen LogP contribution in [0.1, 0.15) is 31.4 Å². The Kier molecular flexibility index (Phi) is 3.41. The van der Waals surface area contributed by atoms with E-state index in [-0.39, 0.29) is 12.1 Å². The highest BCUT2D eigenvalue weighted by Gasteiger charge is 2.18. The van der Waals surface area contributed by atoms with Crippen LogP contribution in [0.25, 0.3) is 0 Å². The van der Waals surface area contributed by atoms with Crippen molar-refractivity contribution in [3.8, 4) is 0 Å². The third-order valence-corrected chi connectivity index (χ3v) is 3.08. The number of anilines is 1. The fraction of sp³-hybridized carbons (Fsp3) is 0.583. The summed E-state index contributed by atoms with van der Waals surface area (Å²) in [6.07, 6.45) is 3.31. The Morgan fingerprint density at radius 3 is 2.81 bits per heavy atom. The van der Waals surface area contributed by atoms with E-state index in [4.69, 9.17) is 5.73 Å². The first-order chi connectivity index (χ1) is 7.66. The van der Waals surface area contributed by atoms with E-state index in [1.807, 2.05) is 19.1 Å². The smallest absolute Gasteiger partial charge is 0.128 e. The normalized spacial score (nSPS) is 19.8. The molecule has 88 valence electrons. The minimum absolute atomic E-state index is 0.0390. The van der Waals surface area contributed by atoms with Gasteiger partial charge in [0.05, 0.1) is 6.10 Å². The Bertz CT molecular complexity index is 346. The summed E-state index contributed by atoms with van der Waals surface area (Å²) in [4.78, 5) is 6.57. The van der Waals surface area contributed by atoms with Gasteiger partial charge >= 0.3 is 0 Å². The molecule has 1 aromatic heterocycles. The Labute approximate surface area is 96.1 Å². The highest BCUT2D eigenvalue weighted by Crippen LogP contribution is 2.20. The molecular formula is C12H19N3O. The second-order valence-electron chi connectivity index (χ2n) is 4.45. The minimum Gasteiger partial charge on any atom is -0.393 e. The second kappa shape index (κ2) is 4.80. The van der Waals surface area contributed by atoms with Gasteiger partial charge in [0, 0.05) is 25.3 Å². The van der Waals surface area contributed by atoms with Gasteiger partial charge in [0.15, 0.2) is 0 Å². The molecule has 1 aromatic rings. The summed E-state index contributed by atoms with van der Waals surface area (Å²) in [5.74, 6) is 0.974. The number of aliphatic hydroxyl groups is 1. The molecule has 0 bridgehead atoms. The predicted molar refractivity (Wildman–Crippen MR) is 64.3 cm³/mol. The van der Waals surface area contributed by atoms with Gasteiger partial charge in [-0.05, 0) is 37.5 Å². The van der Waals surface area contributed by atoms with Gasteiger partial charge in [-0.25, -0.2) is 4.98 Å². The van der Waals surface area contributed by atoms with Crippen molar-refractivity contribution in [3.05, 3.63) is 23.9 Å². The first-order valence-corrected chi connectivity index (χ1v) is 5.81. The SMILES string of the molecule is C[C@H](N)c1ccnc(N2CCC(O)CC2)c1. The lowest BCUT2D eigenvalue weighted by molar-refractivity contribution is 0.145. The quantitative estimate of drug-likeness (QED) is 0.784. The van der Waals surface area contributed by atoms with Crippen molar-refractivity contribution in [2.75, 3.05) is 18.0 Å². The molecule has 2 heterocycles. The van der Waals surface area contributed by atoms with Crippen LogP contribution >= 0.6 is 0 Å². The second-order valence-corrected chi connectivity index (χ2v) is 4.45. The molecule has 0 radical (unpaired) electrons. The highest BCUT2D eigenvalue weighted by atomic mass is 16.3. The molecule has 0 aliphatic carbocycles. The summed E-state index contributed by atoms with van der Waals surface area (Å²) >= 11 is 0. The third-order valence-electron chi connectivity index (χ3n) is 3.08. The van der Waals surface area contributed by atoms with E-state index in [0.717, 1.165) is 37.3 Å². The monoisotopic (exact) mass is 221 g/mol. The van der Waals surface area contributed by atoms with Gasteiger partial charge in [0.1, 0.15) is 5.82 Å². The van der Waals surface area contributed by atoms with E-state index in [2.05, 4.69) is 9.88 Å². The number of pyridine rings is 1. The van der Waals surface area contributed by atoms with Crippen LogP contribution in [0, 0.1) is 0 Å². The first kappa shape index (κ1) is 11.4. The van der Waals surface area contributed by atoms with Crippen LogP contribution in [0.2, 0.25) is 0 Å². The predicted octanol–water partition coefficient (Wildman–Crippen LogP) is 1.06. The van der Waals surface area contributed by atoms with Crippen molar-refractivity contribution in [3.63, 3.8) is 0 Å². The van der Waals surface area contributed by atoms with Crippen LogP contribution in [0.3, 0.4) is 0 Å². The molecule has 16 heavy (non-hydrogen) atoms. The molecule has 2 rings (SSSR count). The fourth-order valence-corrected chi connectivity index (χ4v) is 1.99. The maximum absolute atomic E-state index is 9.45. The topological polar surface area (TPSA) is 62.4 Å². The van der Waals surface area contributed by atoms with Crippen LogP contribution < -0.4 is 10.6 Å². The molecule has 0 saturated carbocycles. The van der Waals surface area contributed by atoms with E-state index in [0.29, 0.717) is 0 Å². The molecule has 0 spiro atoms. The summed E-state index contributed by atoms with van der Waals surface area (Å²) in [7, 11) is 0. The number of aromatic nitrogens is 1. The standard InChI is InChI=1S/C12H19N3O/c1-9(13)10-2-5-14-12(8-10)15-6-3-11(16)4-7-15/h2,5,8-9,11,16H,3-4,6-7,13H2,1H3/t9-/m0/s1. The maximum Gasteiger partial charge on any atom is 0.128 e. The number of rotatable bonds is 2. The molecule has 0 aromatic carbocycles. The van der Waals surface area contributed by atoms with Crippen molar-refractivity contribution in [1.82, 2.24) is 4.98 Å². The molecule has 0 unspecified atom stereocenters. The van der Waals surface area contributed by atoms with Crippen molar-refractivity contribution in [2.24, 2.45) is 5.73 Å². The number of nitrogens with zero attached hydrogens (tertiary/aromatic N) is 2. The largest absolute Gasteiger partial charge is 0.393 e. The first-order valence-electron chi connectivity index (χ1n) is 5.81. The number of piperidine rings is 1. The molecule has 3 N–H and O–H groups in total. The summed E-state index contributed by atoms with van der Waals surface area (Å²) in [5.41, 5.74) is 6.96. The third kappa shape index (κ3) is 2.51. The van der Waals surface area contributed by atoms with Gasteiger partial charge in [-0.1, -0.05) is 0 Å². The number of hydrogen-bond acceptors (Lipinski definition) is 4. The zero-order valence-electron chi connectivity index (χ0n) is 9.63. The fourth-order valence-electron chi connectivity index (χ4n) is 1.99. The molecule has 0 amide bonds. The van der Waals surface area contributed by atoms with Crippen LogP contribution in [0.15, 0.2) is 18.3 Å². The summed E-state index contributed by atoms with van der Waals surface area (Å²) in [5, 5.41) is 9.45. The van der Waals surface area contributed by atoms with Crippen LogP contribution in [0.4, 0.5) is 5.82 Å². The Hall–Kier alpha value is -1.13. The van der Waals surface area contributed by atoms with Crippen molar-refractivity contribution >= 4 is 5.82 Å². The number of nitrogens with two attached hydrogens (primary N) is 1. The highest BCUT2D eigenvalue weighted by molar-refractivity contribution is 5.42. The zero-order chi connectivity index (χ0) is 11.5. The maximum atomic E-state index is 9.45. The zero-order valence-corrected chi connectivity index (χ0v) is 9.63. The summed E-state index contributed by atoms with van der Waals surface area (Å²) < 4.78 is 0. The number of aliphatic hydroxyl groups excluding tert-OH is 1. The van der Waals surface area contributed by atoms with Crippen molar-refractivity contribution in [1.29, 1.82) is 0 Å². The lowest BCUT2D eigenvalue weighted by Gasteiger charge is -2.30. The van der Waals surface area contributed by atoms with Crippen LogP contribution in [0.5, 0.6) is 0 Å². The molecule has 1 atom stereocenters. The molecule has 1 fully saturated rings. The molecule has 1 aliphatic rings. The lowest BCUT2D eigenvalue weighted by atomic mass is 10.1. The van der Waals surface area contributed by atoms with E-state index >= 15 is 0 Å². The Morgan fingerprint density at radius 1 is 1.50 bits per heavy atom. The molecule has 4 nitrogen and oxygen atoms in total. The van der Waals surface area contributed by atoms with Gasteiger partial charge in [-0.2, -0.15) is 0 Å². The molecule has 4 heteroatoms. The van der Waals surface area contributed by atoms with Crippen molar-refractivity contribution in [2.45, 2.75) is 31.9 Å². The average molecular weight is 221 g/mol. The van der Waals surface area contributed by atoms with E-state index in [1.54, 1.807) is 6.20 Å². The van der Waals surface area contributed by atoms with Gasteiger partial charge in [0.2, 0.25) is 0 Å². The van der Waals surface area contributed by atoms with E-state index in [9.17, 15) is 5.11 Å². The molecular weight excluding hydrogens is 202 g/mol. The Balaban J connectivity index is 2.11. The summed E-state index contributed by atoms with van der Waals surface area (Å²) in [6.45, 7) is 3.71.